The van der Waals surface area contributed by atoms with Crippen LogP contribution in [0.3, 0.4) is 0 Å². The molecule has 1 aliphatic heterocycles. The predicted molar refractivity (Wildman–Crippen MR) is 141 cm³/mol. The molecule has 0 aromatic heterocycles. The van der Waals surface area contributed by atoms with E-state index < -0.39 is 18.1 Å². The first kappa shape index (κ1) is 25.9. The molecule has 0 spiro atoms. The summed E-state index contributed by atoms with van der Waals surface area (Å²) in [6.45, 7) is 0.529. The number of aliphatic hydroxyl groups excluding tert-OH is 1. The summed E-state index contributed by atoms with van der Waals surface area (Å²) in [7, 11) is 0. The molecule has 3 aromatic rings. The van der Waals surface area contributed by atoms with E-state index in [4.69, 9.17) is 9.47 Å². The molecule has 1 fully saturated rings. The molecule has 2 atom stereocenters. The van der Waals surface area contributed by atoms with Crippen LogP contribution in [0, 0.1) is 0 Å². The molecule has 0 bridgehead atoms. The number of hydrogen-bond acceptors (Lipinski definition) is 5. The van der Waals surface area contributed by atoms with Gasteiger partial charge in [0.2, 0.25) is 0 Å². The van der Waals surface area contributed by atoms with Gasteiger partial charge < -0.3 is 24.6 Å². The van der Waals surface area contributed by atoms with Crippen molar-refractivity contribution in [3.05, 3.63) is 101 Å². The number of benzene rings is 3. The maximum absolute atomic E-state index is 14.0. The Morgan fingerprint density at radius 1 is 0.895 bits per heavy atom. The Bertz CT molecular complexity index is 1240. The van der Waals surface area contributed by atoms with E-state index >= 15 is 0 Å². The average Bonchev–Trinajstić information content (AvgIpc) is 2.95. The van der Waals surface area contributed by atoms with Gasteiger partial charge in [-0.1, -0.05) is 72.8 Å². The number of hydrogen-bond donors (Lipinski definition) is 2. The summed E-state index contributed by atoms with van der Waals surface area (Å²) in [6, 6.07) is 23.6. The van der Waals surface area contributed by atoms with E-state index in [0.717, 1.165) is 16.7 Å². The fraction of sp³-hybridized carbons (Fsp3) is 0.355. The van der Waals surface area contributed by atoms with E-state index in [1.165, 1.54) is 4.90 Å². The summed E-state index contributed by atoms with van der Waals surface area (Å²) >= 11 is 0. The minimum atomic E-state index is -1.06. The SMILES string of the molecule is O=C(O)[C@H]1Cc2c(cccc2OCc2ccccc2)CN1C(=O)[C@@H](OC1CCC(O)CC1)c1ccccc1. The number of carbonyl (C=O) groups excluding carboxylic acids is 1. The first-order valence-electron chi connectivity index (χ1n) is 13.2. The number of rotatable bonds is 8. The van der Waals surface area contributed by atoms with Gasteiger partial charge in [0.25, 0.3) is 5.91 Å². The molecular formula is C31H33NO6. The molecule has 198 valence electrons. The van der Waals surface area contributed by atoms with Gasteiger partial charge in [0.15, 0.2) is 6.10 Å². The van der Waals surface area contributed by atoms with Gasteiger partial charge in [-0.05, 0) is 48.4 Å². The second kappa shape index (κ2) is 11.8. The van der Waals surface area contributed by atoms with Gasteiger partial charge in [-0.15, -0.1) is 0 Å². The Labute approximate surface area is 222 Å². The lowest BCUT2D eigenvalue weighted by Crippen LogP contribution is -2.51. The fourth-order valence-corrected chi connectivity index (χ4v) is 5.34. The monoisotopic (exact) mass is 515 g/mol. The molecule has 5 rings (SSSR count). The molecule has 1 saturated carbocycles. The van der Waals surface area contributed by atoms with E-state index in [2.05, 4.69) is 0 Å². The second-order valence-electron chi connectivity index (χ2n) is 10.0. The number of carboxylic acid groups (broad SMARTS) is 1. The first-order chi connectivity index (χ1) is 18.5. The maximum atomic E-state index is 14.0. The van der Waals surface area contributed by atoms with E-state index in [0.29, 0.717) is 43.6 Å². The van der Waals surface area contributed by atoms with Crippen LogP contribution in [0.2, 0.25) is 0 Å². The van der Waals surface area contributed by atoms with Crippen LogP contribution in [0.25, 0.3) is 0 Å². The summed E-state index contributed by atoms with van der Waals surface area (Å²) in [6.07, 6.45) is 1.29. The molecule has 2 aliphatic rings. The van der Waals surface area contributed by atoms with Crippen molar-refractivity contribution in [3.8, 4) is 5.75 Å². The van der Waals surface area contributed by atoms with Crippen LogP contribution in [0.15, 0.2) is 78.9 Å². The highest BCUT2D eigenvalue weighted by atomic mass is 16.5. The lowest BCUT2D eigenvalue weighted by molar-refractivity contribution is -0.161. The van der Waals surface area contributed by atoms with E-state index in [1.54, 1.807) is 0 Å². The Hall–Kier alpha value is -3.68. The van der Waals surface area contributed by atoms with Crippen LogP contribution in [-0.4, -0.2) is 45.2 Å². The molecule has 0 radical (unpaired) electrons. The smallest absolute Gasteiger partial charge is 0.326 e. The van der Waals surface area contributed by atoms with Crippen molar-refractivity contribution in [3.63, 3.8) is 0 Å². The van der Waals surface area contributed by atoms with Crippen molar-refractivity contribution < 1.29 is 29.3 Å². The summed E-state index contributed by atoms with van der Waals surface area (Å²) in [4.78, 5) is 27.9. The molecule has 1 amide bonds. The van der Waals surface area contributed by atoms with E-state index in [-0.39, 0.29) is 31.1 Å². The summed E-state index contributed by atoms with van der Waals surface area (Å²) in [5, 5.41) is 20.1. The molecular weight excluding hydrogens is 482 g/mol. The van der Waals surface area contributed by atoms with Gasteiger partial charge in [0, 0.05) is 18.5 Å². The van der Waals surface area contributed by atoms with Gasteiger partial charge in [0.1, 0.15) is 18.4 Å². The van der Waals surface area contributed by atoms with Crippen LogP contribution in [0.5, 0.6) is 5.75 Å². The van der Waals surface area contributed by atoms with Gasteiger partial charge in [-0.25, -0.2) is 4.79 Å². The van der Waals surface area contributed by atoms with Crippen LogP contribution >= 0.6 is 0 Å². The van der Waals surface area contributed by atoms with Crippen LogP contribution in [0.4, 0.5) is 0 Å². The minimum absolute atomic E-state index is 0.151. The highest BCUT2D eigenvalue weighted by Gasteiger charge is 2.40. The molecule has 0 unspecified atom stereocenters. The highest BCUT2D eigenvalue weighted by molar-refractivity contribution is 5.88. The van der Waals surface area contributed by atoms with Crippen LogP contribution in [0.1, 0.15) is 54.0 Å². The van der Waals surface area contributed by atoms with Crippen molar-refractivity contribution in [2.24, 2.45) is 0 Å². The number of amides is 1. The van der Waals surface area contributed by atoms with Gasteiger partial charge in [-0.2, -0.15) is 0 Å². The number of aliphatic carboxylic acids is 1. The third-order valence-corrected chi connectivity index (χ3v) is 7.45. The number of aliphatic hydroxyl groups is 1. The van der Waals surface area contributed by atoms with Crippen molar-refractivity contribution in [2.75, 3.05) is 0 Å². The molecule has 1 aliphatic carbocycles. The number of nitrogens with zero attached hydrogens (tertiary/aromatic N) is 1. The number of carboxylic acids is 1. The zero-order chi connectivity index (χ0) is 26.5. The highest BCUT2D eigenvalue weighted by Crippen LogP contribution is 2.35. The maximum Gasteiger partial charge on any atom is 0.326 e. The summed E-state index contributed by atoms with van der Waals surface area (Å²) < 4.78 is 12.4. The first-order valence-corrected chi connectivity index (χ1v) is 13.2. The number of ether oxygens (including phenoxy) is 2. The van der Waals surface area contributed by atoms with Crippen molar-refractivity contribution in [2.45, 2.75) is 69.6 Å². The third kappa shape index (κ3) is 5.90. The zero-order valence-electron chi connectivity index (χ0n) is 21.2. The fourth-order valence-electron chi connectivity index (χ4n) is 5.34. The number of carbonyl (C=O) groups is 2. The molecule has 7 heteroatoms. The number of fused-ring (bicyclic) bond motifs is 1. The Morgan fingerprint density at radius 2 is 1.58 bits per heavy atom. The Morgan fingerprint density at radius 3 is 2.26 bits per heavy atom. The molecule has 1 heterocycles. The summed E-state index contributed by atoms with van der Waals surface area (Å²) in [5.74, 6) is -0.785. The van der Waals surface area contributed by atoms with Crippen LogP contribution < -0.4 is 4.74 Å². The Balaban J connectivity index is 1.40. The molecule has 38 heavy (non-hydrogen) atoms. The topological polar surface area (TPSA) is 96.3 Å². The minimum Gasteiger partial charge on any atom is -0.489 e. The average molecular weight is 516 g/mol. The predicted octanol–water partition coefficient (Wildman–Crippen LogP) is 4.66. The standard InChI is InChI=1S/C31H33NO6/c33-24-14-16-25(17-15-24)38-29(22-10-5-2-6-11-22)30(34)32-19-23-12-7-13-28(26(23)18-27(32)31(35)36)37-20-21-8-3-1-4-9-21/h1-13,24-25,27,29,33H,14-20H2,(H,35,36)/t24?,25?,27-,29+/m1/s1. The quantitative estimate of drug-likeness (QED) is 0.453. The molecule has 7 nitrogen and oxygen atoms in total. The van der Waals surface area contributed by atoms with E-state index in [1.807, 2.05) is 78.9 Å². The van der Waals surface area contributed by atoms with Gasteiger partial charge in [0.05, 0.1) is 12.2 Å². The van der Waals surface area contributed by atoms with Gasteiger partial charge in [-0.3, -0.25) is 4.79 Å². The van der Waals surface area contributed by atoms with Crippen molar-refractivity contribution in [1.82, 2.24) is 4.90 Å². The lowest BCUT2D eigenvalue weighted by Gasteiger charge is -2.38. The largest absolute Gasteiger partial charge is 0.489 e. The molecule has 3 aromatic carbocycles. The second-order valence-corrected chi connectivity index (χ2v) is 10.0. The third-order valence-electron chi connectivity index (χ3n) is 7.45. The van der Waals surface area contributed by atoms with Crippen LogP contribution in [-0.2, 0) is 33.9 Å². The van der Waals surface area contributed by atoms with Crippen molar-refractivity contribution >= 4 is 11.9 Å². The molecule has 0 saturated heterocycles. The van der Waals surface area contributed by atoms with E-state index in [9.17, 15) is 19.8 Å². The normalized spacial score (nSPS) is 21.8. The summed E-state index contributed by atoms with van der Waals surface area (Å²) in [5.41, 5.74) is 3.40. The van der Waals surface area contributed by atoms with Gasteiger partial charge >= 0.3 is 5.97 Å². The zero-order valence-corrected chi connectivity index (χ0v) is 21.2. The molecule has 2 N–H and O–H groups in total. The lowest BCUT2D eigenvalue weighted by atomic mass is 9.91. The van der Waals surface area contributed by atoms with Crippen molar-refractivity contribution in [1.29, 1.82) is 0 Å². The Kier molecular flexibility index (Phi) is 8.05.